The molecule has 0 aliphatic rings. The minimum absolute atomic E-state index is 0.164. The summed E-state index contributed by atoms with van der Waals surface area (Å²) in [6.07, 6.45) is 0. The number of hydrogen-bond donors (Lipinski definition) is 1. The van der Waals surface area contributed by atoms with Crippen LogP contribution in [0, 0.1) is 6.92 Å². The molecule has 3 nitrogen and oxygen atoms in total. The molecule has 11 heavy (non-hydrogen) atoms. The van der Waals surface area contributed by atoms with Crippen molar-refractivity contribution in [1.82, 2.24) is 0 Å². The number of hydrogen-bond acceptors (Lipinski definition) is 3. The standard InChI is InChI=1S/C8H9NO2/c1-5-4-6(8(10)11)2-3-7(5)9/h2-4H,9H2,1H3,(H,10,11)/p-1. The number of carboxylic acids is 1. The van der Waals surface area contributed by atoms with Gasteiger partial charge in [0, 0.05) is 5.69 Å². The van der Waals surface area contributed by atoms with Gasteiger partial charge in [0.15, 0.2) is 0 Å². The van der Waals surface area contributed by atoms with Crippen LogP contribution in [0.5, 0.6) is 0 Å². The lowest BCUT2D eigenvalue weighted by atomic mass is 10.1. The van der Waals surface area contributed by atoms with Gasteiger partial charge in [-0.05, 0) is 30.2 Å². The van der Waals surface area contributed by atoms with Crippen molar-refractivity contribution < 1.29 is 9.90 Å². The number of benzene rings is 1. The van der Waals surface area contributed by atoms with Gasteiger partial charge in [-0.3, -0.25) is 0 Å². The molecule has 0 saturated heterocycles. The molecular weight excluding hydrogens is 142 g/mol. The predicted molar refractivity (Wildman–Crippen MR) is 39.9 cm³/mol. The van der Waals surface area contributed by atoms with Gasteiger partial charge in [0.25, 0.3) is 0 Å². The minimum atomic E-state index is -1.17. The van der Waals surface area contributed by atoms with Crippen molar-refractivity contribution in [3.63, 3.8) is 0 Å². The third-order valence-corrected chi connectivity index (χ3v) is 1.51. The first-order valence-corrected chi connectivity index (χ1v) is 3.18. The van der Waals surface area contributed by atoms with Crippen molar-refractivity contribution in [2.75, 3.05) is 5.73 Å². The maximum absolute atomic E-state index is 10.3. The Bertz CT molecular complexity index is 294. The van der Waals surface area contributed by atoms with E-state index in [4.69, 9.17) is 5.73 Å². The average Bonchev–Trinajstić information content (AvgIpc) is 1.94. The van der Waals surface area contributed by atoms with Crippen LogP contribution in [0.2, 0.25) is 0 Å². The summed E-state index contributed by atoms with van der Waals surface area (Å²) < 4.78 is 0. The van der Waals surface area contributed by atoms with Crippen molar-refractivity contribution in [3.05, 3.63) is 29.3 Å². The van der Waals surface area contributed by atoms with E-state index in [1.807, 2.05) is 0 Å². The molecule has 1 aromatic rings. The van der Waals surface area contributed by atoms with Gasteiger partial charge in [0.2, 0.25) is 0 Å². The first-order chi connectivity index (χ1) is 5.11. The summed E-state index contributed by atoms with van der Waals surface area (Å²) in [4.78, 5) is 10.3. The summed E-state index contributed by atoms with van der Waals surface area (Å²) in [6.45, 7) is 1.75. The highest BCUT2D eigenvalue weighted by Gasteiger charge is 1.95. The summed E-state index contributed by atoms with van der Waals surface area (Å²) in [5, 5.41) is 10.3. The third kappa shape index (κ3) is 1.49. The van der Waals surface area contributed by atoms with E-state index in [9.17, 15) is 9.90 Å². The Morgan fingerprint density at radius 2 is 2.18 bits per heavy atom. The number of nitrogens with two attached hydrogens (primary N) is 1. The topological polar surface area (TPSA) is 66.1 Å². The maximum Gasteiger partial charge on any atom is 0.0715 e. The molecule has 0 spiro atoms. The maximum atomic E-state index is 10.3. The van der Waals surface area contributed by atoms with Crippen LogP contribution in [0.4, 0.5) is 5.69 Å². The zero-order chi connectivity index (χ0) is 8.43. The highest BCUT2D eigenvalue weighted by atomic mass is 16.4. The first kappa shape index (κ1) is 7.60. The molecule has 2 N–H and O–H groups in total. The van der Waals surface area contributed by atoms with Gasteiger partial charge in [-0.25, -0.2) is 0 Å². The lowest BCUT2D eigenvalue weighted by molar-refractivity contribution is -0.255. The van der Waals surface area contributed by atoms with Crippen LogP contribution >= 0.6 is 0 Å². The average molecular weight is 150 g/mol. The quantitative estimate of drug-likeness (QED) is 0.570. The van der Waals surface area contributed by atoms with E-state index >= 15 is 0 Å². The fraction of sp³-hybridized carbons (Fsp3) is 0.125. The van der Waals surface area contributed by atoms with E-state index in [-0.39, 0.29) is 5.56 Å². The highest BCUT2D eigenvalue weighted by molar-refractivity contribution is 5.86. The molecule has 0 bridgehead atoms. The van der Waals surface area contributed by atoms with E-state index in [1.165, 1.54) is 12.1 Å². The summed E-state index contributed by atoms with van der Waals surface area (Å²) in [5.74, 6) is -1.17. The van der Waals surface area contributed by atoms with Gasteiger partial charge >= 0.3 is 0 Å². The van der Waals surface area contributed by atoms with Crippen molar-refractivity contribution in [2.24, 2.45) is 0 Å². The number of nitrogen functional groups attached to an aromatic ring is 1. The largest absolute Gasteiger partial charge is 0.545 e. The second-order valence-electron chi connectivity index (χ2n) is 2.36. The second-order valence-corrected chi connectivity index (χ2v) is 2.36. The Labute approximate surface area is 64.5 Å². The Kier molecular flexibility index (Phi) is 1.81. The van der Waals surface area contributed by atoms with Crippen LogP contribution in [-0.2, 0) is 0 Å². The number of carbonyl (C=O) groups excluding carboxylic acids is 1. The molecule has 0 fully saturated rings. The number of aryl methyl sites for hydroxylation is 1. The predicted octanol–water partition coefficient (Wildman–Crippen LogP) is -0.0593. The van der Waals surface area contributed by atoms with Gasteiger partial charge < -0.3 is 15.6 Å². The van der Waals surface area contributed by atoms with E-state index in [0.29, 0.717) is 5.69 Å². The fourth-order valence-electron chi connectivity index (χ4n) is 0.803. The van der Waals surface area contributed by atoms with Gasteiger partial charge in [-0.1, -0.05) is 6.07 Å². The lowest BCUT2D eigenvalue weighted by Crippen LogP contribution is -2.22. The van der Waals surface area contributed by atoms with Crippen LogP contribution in [0.3, 0.4) is 0 Å². The zero-order valence-electron chi connectivity index (χ0n) is 6.13. The smallest absolute Gasteiger partial charge is 0.0715 e. The first-order valence-electron chi connectivity index (χ1n) is 3.18. The van der Waals surface area contributed by atoms with E-state index in [1.54, 1.807) is 13.0 Å². The van der Waals surface area contributed by atoms with Crippen molar-refractivity contribution >= 4 is 11.7 Å². The zero-order valence-corrected chi connectivity index (χ0v) is 6.13. The van der Waals surface area contributed by atoms with Crippen LogP contribution in [0.1, 0.15) is 15.9 Å². The number of aromatic carboxylic acids is 1. The second kappa shape index (κ2) is 2.62. The highest BCUT2D eigenvalue weighted by Crippen LogP contribution is 2.11. The van der Waals surface area contributed by atoms with Gasteiger partial charge in [0.1, 0.15) is 0 Å². The summed E-state index contributed by atoms with van der Waals surface area (Å²) in [5.41, 5.74) is 6.99. The van der Waals surface area contributed by atoms with Crippen LogP contribution < -0.4 is 10.8 Å². The van der Waals surface area contributed by atoms with Crippen molar-refractivity contribution in [2.45, 2.75) is 6.92 Å². The van der Waals surface area contributed by atoms with Crippen LogP contribution in [-0.4, -0.2) is 5.97 Å². The van der Waals surface area contributed by atoms with Crippen molar-refractivity contribution in [3.8, 4) is 0 Å². The molecule has 0 aliphatic carbocycles. The molecule has 0 unspecified atom stereocenters. The van der Waals surface area contributed by atoms with E-state index in [2.05, 4.69) is 0 Å². The number of carbonyl (C=O) groups is 1. The number of carboxylic acid groups (broad SMARTS) is 1. The lowest BCUT2D eigenvalue weighted by Gasteiger charge is -2.04. The molecule has 1 rings (SSSR count). The summed E-state index contributed by atoms with van der Waals surface area (Å²) in [6, 6.07) is 4.47. The molecule has 0 radical (unpaired) electrons. The van der Waals surface area contributed by atoms with Gasteiger partial charge in [-0.15, -0.1) is 0 Å². The third-order valence-electron chi connectivity index (χ3n) is 1.51. The Hall–Kier alpha value is -1.51. The minimum Gasteiger partial charge on any atom is -0.545 e. The van der Waals surface area contributed by atoms with Crippen LogP contribution in [0.15, 0.2) is 18.2 Å². The number of anilines is 1. The Morgan fingerprint density at radius 1 is 1.55 bits per heavy atom. The molecule has 0 saturated carbocycles. The van der Waals surface area contributed by atoms with Crippen molar-refractivity contribution in [1.29, 1.82) is 0 Å². The van der Waals surface area contributed by atoms with E-state index in [0.717, 1.165) is 5.56 Å². The van der Waals surface area contributed by atoms with Gasteiger partial charge in [-0.2, -0.15) is 0 Å². The van der Waals surface area contributed by atoms with Gasteiger partial charge in [0.05, 0.1) is 5.97 Å². The summed E-state index contributed by atoms with van der Waals surface area (Å²) in [7, 11) is 0. The normalized spacial score (nSPS) is 9.55. The Balaban J connectivity index is 3.15. The molecule has 0 heterocycles. The monoisotopic (exact) mass is 150 g/mol. The Morgan fingerprint density at radius 3 is 2.64 bits per heavy atom. The molecule has 0 aliphatic heterocycles. The van der Waals surface area contributed by atoms with Crippen LogP contribution in [0.25, 0.3) is 0 Å². The molecule has 1 aromatic carbocycles. The fourth-order valence-corrected chi connectivity index (χ4v) is 0.803. The molecule has 3 heteroatoms. The molecular formula is C8H8NO2-. The molecule has 0 atom stereocenters. The molecule has 0 amide bonds. The molecule has 58 valence electrons. The van der Waals surface area contributed by atoms with E-state index < -0.39 is 5.97 Å². The SMILES string of the molecule is Cc1cc(C(=O)[O-])ccc1N. The molecule has 0 aromatic heterocycles. The summed E-state index contributed by atoms with van der Waals surface area (Å²) >= 11 is 0. The number of rotatable bonds is 1.